The molecule has 0 aromatic heterocycles. The van der Waals surface area contributed by atoms with Gasteiger partial charge in [-0.3, -0.25) is 9.69 Å². The van der Waals surface area contributed by atoms with Crippen molar-refractivity contribution >= 4 is 18.0 Å². The standard InChI is InChI=1S/C26H35NO6/c1-23(2,3)20-27(22(30)31-13-17-10-8-7-9-11-17)18(19(28)32-20)12-25-14-26(15-25,16-25)21(29)33-24(4,5)6/h7-11,18,20H,12-16H2,1-6H3/t18-,20-,25?,26?/m0/s1. The Labute approximate surface area is 195 Å². The number of amides is 1. The molecule has 4 fully saturated rings. The Kier molecular flexibility index (Phi) is 5.53. The van der Waals surface area contributed by atoms with Gasteiger partial charge in [-0.25, -0.2) is 9.59 Å². The number of nitrogens with zero attached hydrogens (tertiary/aromatic N) is 1. The van der Waals surface area contributed by atoms with Crippen molar-refractivity contribution in [3.05, 3.63) is 35.9 Å². The van der Waals surface area contributed by atoms with Crippen LogP contribution in [-0.2, 0) is 30.4 Å². The number of carbonyl (C=O) groups excluding carboxylic acids is 3. The molecule has 2 bridgehead atoms. The Morgan fingerprint density at radius 3 is 2.21 bits per heavy atom. The van der Waals surface area contributed by atoms with Crippen LogP contribution in [0.2, 0.25) is 0 Å². The van der Waals surface area contributed by atoms with Gasteiger partial charge in [0.1, 0.15) is 18.2 Å². The van der Waals surface area contributed by atoms with Gasteiger partial charge in [0.15, 0.2) is 6.23 Å². The molecule has 3 aliphatic carbocycles. The van der Waals surface area contributed by atoms with Crippen LogP contribution in [0, 0.1) is 16.2 Å². The third-order valence-electron chi connectivity index (χ3n) is 6.84. The molecule has 7 heteroatoms. The van der Waals surface area contributed by atoms with E-state index in [1.807, 2.05) is 71.9 Å². The highest BCUT2D eigenvalue weighted by molar-refractivity contribution is 5.86. The van der Waals surface area contributed by atoms with E-state index in [2.05, 4.69) is 0 Å². The molecule has 180 valence electrons. The fourth-order valence-electron chi connectivity index (χ4n) is 5.54. The lowest BCUT2D eigenvalue weighted by Crippen LogP contribution is -2.68. The molecule has 2 atom stereocenters. The predicted octanol–water partition coefficient (Wildman–Crippen LogP) is 4.82. The van der Waals surface area contributed by atoms with Gasteiger partial charge in [-0.15, -0.1) is 0 Å². The lowest BCUT2D eigenvalue weighted by atomic mass is 9.34. The summed E-state index contributed by atoms with van der Waals surface area (Å²) in [6.45, 7) is 11.5. The minimum atomic E-state index is -0.713. The van der Waals surface area contributed by atoms with Gasteiger partial charge in [-0.1, -0.05) is 51.1 Å². The number of hydrogen-bond acceptors (Lipinski definition) is 6. The van der Waals surface area contributed by atoms with Crippen molar-refractivity contribution in [3.8, 4) is 0 Å². The molecule has 1 aromatic rings. The maximum atomic E-state index is 13.2. The van der Waals surface area contributed by atoms with E-state index in [-0.39, 0.29) is 18.0 Å². The van der Waals surface area contributed by atoms with Crippen LogP contribution in [-0.4, -0.2) is 40.8 Å². The zero-order chi connectivity index (χ0) is 24.2. The number of cyclic esters (lactones) is 1. The normalized spacial score (nSPS) is 30.7. The summed E-state index contributed by atoms with van der Waals surface area (Å²) in [6.07, 6.45) is 1.28. The maximum Gasteiger partial charge on any atom is 0.413 e. The van der Waals surface area contributed by atoms with Crippen molar-refractivity contribution in [1.82, 2.24) is 4.90 Å². The van der Waals surface area contributed by atoms with Gasteiger partial charge in [-0.05, 0) is 57.4 Å². The molecule has 1 saturated heterocycles. The molecule has 7 nitrogen and oxygen atoms in total. The van der Waals surface area contributed by atoms with Crippen LogP contribution >= 0.6 is 0 Å². The highest BCUT2D eigenvalue weighted by Gasteiger charge is 2.73. The van der Waals surface area contributed by atoms with Crippen LogP contribution < -0.4 is 0 Å². The average molecular weight is 458 g/mol. The molecule has 0 N–H and O–H groups in total. The maximum absolute atomic E-state index is 13.2. The van der Waals surface area contributed by atoms with E-state index in [1.165, 1.54) is 4.90 Å². The topological polar surface area (TPSA) is 82.1 Å². The first kappa shape index (κ1) is 23.6. The van der Waals surface area contributed by atoms with E-state index >= 15 is 0 Å². The summed E-state index contributed by atoms with van der Waals surface area (Å²) in [4.78, 5) is 40.2. The van der Waals surface area contributed by atoms with Crippen molar-refractivity contribution in [3.63, 3.8) is 0 Å². The quantitative estimate of drug-likeness (QED) is 0.465. The Morgan fingerprint density at radius 1 is 1.06 bits per heavy atom. The van der Waals surface area contributed by atoms with E-state index in [0.29, 0.717) is 25.7 Å². The molecule has 3 saturated carbocycles. The summed E-state index contributed by atoms with van der Waals surface area (Å²) in [5.74, 6) is -0.555. The molecule has 4 aliphatic rings. The number of esters is 2. The molecule has 0 spiro atoms. The fraction of sp³-hybridized carbons (Fsp3) is 0.654. The summed E-state index contributed by atoms with van der Waals surface area (Å²) in [5.41, 5.74) is -0.676. The van der Waals surface area contributed by atoms with Crippen molar-refractivity contribution in [2.24, 2.45) is 16.2 Å². The molecular formula is C26H35NO6. The van der Waals surface area contributed by atoms with Crippen LogP contribution in [0.1, 0.15) is 72.8 Å². The third kappa shape index (κ3) is 4.46. The van der Waals surface area contributed by atoms with Gasteiger partial charge in [-0.2, -0.15) is 0 Å². The largest absolute Gasteiger partial charge is 0.460 e. The molecule has 1 aliphatic heterocycles. The molecular weight excluding hydrogens is 422 g/mol. The molecule has 1 aromatic carbocycles. The Hall–Kier alpha value is -2.57. The summed E-state index contributed by atoms with van der Waals surface area (Å²) < 4.78 is 16.9. The number of carbonyl (C=O) groups is 3. The lowest BCUT2D eigenvalue weighted by molar-refractivity contribution is -0.240. The summed E-state index contributed by atoms with van der Waals surface area (Å²) in [7, 11) is 0. The van der Waals surface area contributed by atoms with Crippen molar-refractivity contribution in [1.29, 1.82) is 0 Å². The molecule has 1 heterocycles. The van der Waals surface area contributed by atoms with E-state index in [4.69, 9.17) is 14.2 Å². The second-order valence-electron chi connectivity index (χ2n) is 12.1. The first-order valence-electron chi connectivity index (χ1n) is 11.7. The minimum absolute atomic E-state index is 0.126. The monoisotopic (exact) mass is 457 g/mol. The fourth-order valence-corrected chi connectivity index (χ4v) is 5.54. The molecule has 0 unspecified atom stereocenters. The van der Waals surface area contributed by atoms with Crippen LogP contribution in [0.4, 0.5) is 4.79 Å². The predicted molar refractivity (Wildman–Crippen MR) is 121 cm³/mol. The smallest absolute Gasteiger partial charge is 0.413 e. The van der Waals surface area contributed by atoms with Gasteiger partial charge < -0.3 is 14.2 Å². The highest BCUT2D eigenvalue weighted by Crippen LogP contribution is 2.76. The van der Waals surface area contributed by atoms with Gasteiger partial charge in [0.25, 0.3) is 0 Å². The van der Waals surface area contributed by atoms with Crippen LogP contribution in [0.25, 0.3) is 0 Å². The number of ether oxygens (including phenoxy) is 3. The third-order valence-corrected chi connectivity index (χ3v) is 6.84. The zero-order valence-electron chi connectivity index (χ0n) is 20.5. The average Bonchev–Trinajstić information content (AvgIpc) is 2.97. The van der Waals surface area contributed by atoms with Crippen molar-refractivity contribution in [2.75, 3.05) is 0 Å². The van der Waals surface area contributed by atoms with Crippen LogP contribution in [0.5, 0.6) is 0 Å². The Bertz CT molecular complexity index is 922. The van der Waals surface area contributed by atoms with Crippen molar-refractivity contribution in [2.45, 2.75) is 91.7 Å². The van der Waals surface area contributed by atoms with Gasteiger partial charge in [0.05, 0.1) is 5.41 Å². The SMILES string of the molecule is CC(C)(C)OC(=O)C12CC(C[C@H]3C(=O)O[C@@H](C(C)(C)C)N3C(=O)OCc3ccccc3)(C1)C2. The minimum Gasteiger partial charge on any atom is -0.460 e. The van der Waals surface area contributed by atoms with E-state index in [9.17, 15) is 14.4 Å². The lowest BCUT2D eigenvalue weighted by Gasteiger charge is -2.69. The molecule has 1 amide bonds. The first-order chi connectivity index (χ1) is 15.2. The van der Waals surface area contributed by atoms with Gasteiger partial charge in [0, 0.05) is 5.41 Å². The van der Waals surface area contributed by atoms with E-state index < -0.39 is 40.8 Å². The zero-order valence-corrected chi connectivity index (χ0v) is 20.5. The first-order valence-corrected chi connectivity index (χ1v) is 11.7. The summed E-state index contributed by atoms with van der Waals surface area (Å²) in [5, 5.41) is 0. The van der Waals surface area contributed by atoms with Gasteiger partial charge in [0.2, 0.25) is 0 Å². The van der Waals surface area contributed by atoms with Gasteiger partial charge >= 0.3 is 18.0 Å². The molecule has 0 radical (unpaired) electrons. The number of hydrogen-bond donors (Lipinski definition) is 0. The highest BCUT2D eigenvalue weighted by atomic mass is 16.6. The Morgan fingerprint density at radius 2 is 1.67 bits per heavy atom. The summed E-state index contributed by atoms with van der Waals surface area (Å²) in [6, 6.07) is 8.73. The molecule has 33 heavy (non-hydrogen) atoms. The van der Waals surface area contributed by atoms with Crippen LogP contribution in [0.3, 0.4) is 0 Å². The second kappa shape index (κ2) is 7.74. The van der Waals surface area contributed by atoms with E-state index in [0.717, 1.165) is 5.56 Å². The molecule has 5 rings (SSSR count). The Balaban J connectivity index is 1.45. The second-order valence-corrected chi connectivity index (χ2v) is 12.1. The summed E-state index contributed by atoms with van der Waals surface area (Å²) >= 11 is 0. The number of rotatable bonds is 5. The van der Waals surface area contributed by atoms with Crippen molar-refractivity contribution < 1.29 is 28.6 Å². The van der Waals surface area contributed by atoms with E-state index in [1.54, 1.807) is 0 Å². The number of benzene rings is 1. The van der Waals surface area contributed by atoms with Crippen LogP contribution in [0.15, 0.2) is 30.3 Å².